The van der Waals surface area contributed by atoms with Crippen molar-refractivity contribution in [1.29, 1.82) is 0 Å². The molecular weight excluding hydrogens is 548 g/mol. The van der Waals surface area contributed by atoms with Crippen molar-refractivity contribution in [1.82, 2.24) is 4.98 Å². The first-order valence-corrected chi connectivity index (χ1v) is 13.7. The molecule has 10 nitrogen and oxygen atoms in total. The number of nitrogens with zero attached hydrogens (tertiary/aromatic N) is 2. The van der Waals surface area contributed by atoms with Crippen LogP contribution in [-0.2, 0) is 11.3 Å². The van der Waals surface area contributed by atoms with Gasteiger partial charge in [0.1, 0.15) is 28.4 Å². The quantitative estimate of drug-likeness (QED) is 0.188. The third-order valence-electron chi connectivity index (χ3n) is 7.33. The van der Waals surface area contributed by atoms with Gasteiger partial charge in [-0.1, -0.05) is 18.2 Å². The number of aromatic nitrogens is 1. The van der Waals surface area contributed by atoms with E-state index in [1.165, 1.54) is 13.3 Å². The summed E-state index contributed by atoms with van der Waals surface area (Å²) in [6.45, 7) is 4.10. The van der Waals surface area contributed by atoms with Gasteiger partial charge in [0.25, 0.3) is 5.91 Å². The van der Waals surface area contributed by atoms with Crippen molar-refractivity contribution in [2.24, 2.45) is 0 Å². The Hall–Kier alpha value is -5.25. The van der Waals surface area contributed by atoms with Crippen LogP contribution >= 0.6 is 0 Å². The predicted molar refractivity (Wildman–Crippen MR) is 166 cm³/mol. The Labute approximate surface area is 250 Å². The number of pyridine rings is 1. The minimum absolute atomic E-state index is 0.0595. The second-order valence-electron chi connectivity index (χ2n) is 10.5. The number of amides is 1. The van der Waals surface area contributed by atoms with E-state index in [0.717, 1.165) is 33.8 Å². The van der Waals surface area contributed by atoms with E-state index < -0.39 is 11.5 Å². The van der Waals surface area contributed by atoms with Crippen LogP contribution in [0.3, 0.4) is 0 Å². The van der Waals surface area contributed by atoms with Crippen molar-refractivity contribution in [3.05, 3.63) is 84.1 Å². The first kappa shape index (κ1) is 29.2. The molecule has 0 spiro atoms. The van der Waals surface area contributed by atoms with Gasteiger partial charge < -0.3 is 34.5 Å². The molecule has 1 aliphatic heterocycles. The molecule has 1 aliphatic rings. The van der Waals surface area contributed by atoms with Crippen LogP contribution in [0.5, 0.6) is 23.1 Å². The van der Waals surface area contributed by atoms with Gasteiger partial charge in [0.15, 0.2) is 0 Å². The Kier molecular flexibility index (Phi) is 8.11. The Bertz CT molecular complexity index is 1690. The van der Waals surface area contributed by atoms with E-state index in [4.69, 9.17) is 18.9 Å². The number of carbonyl (C=O) groups excluding carboxylic acids is 2. The molecule has 1 aromatic heterocycles. The molecule has 4 aromatic rings. The Balaban J connectivity index is 1.57. The summed E-state index contributed by atoms with van der Waals surface area (Å²) in [5.41, 5.74) is 4.30. The summed E-state index contributed by atoms with van der Waals surface area (Å²) in [6.07, 6.45) is 1.54. The molecular formula is C33H34N4O6. The minimum atomic E-state index is -0.767. The molecule has 43 heavy (non-hydrogen) atoms. The highest BCUT2D eigenvalue weighted by molar-refractivity contribution is 6.09. The van der Waals surface area contributed by atoms with Crippen LogP contribution in [0.15, 0.2) is 72.9 Å². The molecule has 0 bridgehead atoms. The zero-order chi connectivity index (χ0) is 30.7. The van der Waals surface area contributed by atoms with Crippen molar-refractivity contribution in [2.45, 2.75) is 25.9 Å². The minimum Gasteiger partial charge on any atom is -0.496 e. The summed E-state index contributed by atoms with van der Waals surface area (Å²) in [6, 6.07) is 20.0. The fraction of sp³-hybridized carbons (Fsp3) is 0.242. The van der Waals surface area contributed by atoms with Crippen molar-refractivity contribution >= 4 is 28.9 Å². The molecule has 0 fully saturated rings. The fourth-order valence-corrected chi connectivity index (χ4v) is 5.27. The predicted octanol–water partition coefficient (Wildman–Crippen LogP) is 5.77. The summed E-state index contributed by atoms with van der Waals surface area (Å²) >= 11 is 0. The van der Waals surface area contributed by atoms with Crippen molar-refractivity contribution in [3.8, 4) is 34.3 Å². The van der Waals surface area contributed by atoms with Crippen LogP contribution in [0, 0.1) is 0 Å². The van der Waals surface area contributed by atoms with Crippen molar-refractivity contribution in [2.75, 3.05) is 43.9 Å². The van der Waals surface area contributed by atoms with E-state index in [1.54, 1.807) is 50.4 Å². The largest absolute Gasteiger partial charge is 0.496 e. The second-order valence-corrected chi connectivity index (χ2v) is 10.5. The molecule has 3 aromatic carbocycles. The number of fused-ring (bicyclic) bond motifs is 1. The number of benzene rings is 3. The Morgan fingerprint density at radius 1 is 0.930 bits per heavy atom. The van der Waals surface area contributed by atoms with Gasteiger partial charge in [-0.25, -0.2) is 9.78 Å². The van der Waals surface area contributed by atoms with Gasteiger partial charge in [0, 0.05) is 37.0 Å². The topological polar surface area (TPSA) is 111 Å². The van der Waals surface area contributed by atoms with Crippen LogP contribution in [0.4, 0.5) is 17.1 Å². The van der Waals surface area contributed by atoms with Gasteiger partial charge in [-0.3, -0.25) is 4.79 Å². The highest BCUT2D eigenvalue weighted by Gasteiger charge is 2.38. The van der Waals surface area contributed by atoms with E-state index in [-0.39, 0.29) is 17.4 Å². The molecule has 5 rings (SSSR count). The van der Waals surface area contributed by atoms with Crippen LogP contribution in [0.2, 0.25) is 0 Å². The molecule has 10 heteroatoms. The summed E-state index contributed by atoms with van der Waals surface area (Å²) < 4.78 is 22.2. The number of likely N-dealkylation sites (N-methyl/N-ethyl adjacent to an activating group) is 1. The smallest absolute Gasteiger partial charge is 0.349 e. The molecule has 0 atom stereocenters. The van der Waals surface area contributed by atoms with Gasteiger partial charge >= 0.3 is 5.97 Å². The average molecular weight is 583 g/mol. The summed E-state index contributed by atoms with van der Waals surface area (Å²) in [4.78, 5) is 32.0. The lowest BCUT2D eigenvalue weighted by Crippen LogP contribution is -2.52. The fourth-order valence-electron chi connectivity index (χ4n) is 5.27. The summed E-state index contributed by atoms with van der Waals surface area (Å²) in [7, 11) is 6.40. The number of hydrogen-bond donors (Lipinski definition) is 2. The zero-order valence-corrected chi connectivity index (χ0v) is 25.0. The summed E-state index contributed by atoms with van der Waals surface area (Å²) in [5.74, 6) is 0.984. The SMILES string of the molecule is COc1ccccc1NCc1c(-c2ccc(OC(=O)c3cccnc3OC)cc2OC)ccc2c1N(C)C(=O)C(C)(C)N2. The van der Waals surface area contributed by atoms with Crippen LogP contribution in [-0.4, -0.2) is 50.8 Å². The number of carbonyl (C=O) groups is 2. The first-order chi connectivity index (χ1) is 20.7. The van der Waals surface area contributed by atoms with Crippen molar-refractivity contribution in [3.63, 3.8) is 0 Å². The zero-order valence-electron chi connectivity index (χ0n) is 25.0. The Morgan fingerprint density at radius 2 is 1.67 bits per heavy atom. The number of anilines is 3. The number of rotatable bonds is 9. The lowest BCUT2D eigenvalue weighted by molar-refractivity contribution is -0.121. The number of methoxy groups -OCH3 is 3. The van der Waals surface area contributed by atoms with E-state index in [1.807, 2.05) is 56.3 Å². The van der Waals surface area contributed by atoms with Crippen LogP contribution in [0.1, 0.15) is 29.8 Å². The maximum Gasteiger partial charge on any atom is 0.349 e. The lowest BCUT2D eigenvalue weighted by atomic mass is 9.91. The molecule has 2 N–H and O–H groups in total. The van der Waals surface area contributed by atoms with Gasteiger partial charge in [-0.2, -0.15) is 0 Å². The monoisotopic (exact) mass is 582 g/mol. The number of nitrogens with one attached hydrogen (secondary N) is 2. The molecule has 0 saturated carbocycles. The maximum absolute atomic E-state index is 13.4. The van der Waals surface area contributed by atoms with Gasteiger partial charge in [0.2, 0.25) is 5.88 Å². The van der Waals surface area contributed by atoms with E-state index in [0.29, 0.717) is 23.8 Å². The van der Waals surface area contributed by atoms with E-state index in [9.17, 15) is 9.59 Å². The maximum atomic E-state index is 13.4. The highest BCUT2D eigenvalue weighted by Crippen LogP contribution is 2.45. The Morgan fingerprint density at radius 3 is 2.42 bits per heavy atom. The number of ether oxygens (including phenoxy) is 4. The van der Waals surface area contributed by atoms with Crippen LogP contribution < -0.4 is 34.5 Å². The van der Waals surface area contributed by atoms with E-state index in [2.05, 4.69) is 15.6 Å². The molecule has 222 valence electrons. The standard InChI is InChI=1S/C33H34N4O6/c1-33(2)32(39)37(3)29-24(19-35-25-11-7-8-12-27(25)40-4)21(15-16-26(29)36-33)22-14-13-20(18-28(22)41-5)43-31(38)23-10-9-17-34-30(23)42-6/h7-18,35-36H,19H2,1-6H3. The lowest BCUT2D eigenvalue weighted by Gasteiger charge is -2.40. The van der Waals surface area contributed by atoms with Gasteiger partial charge in [-0.05, 0) is 61.9 Å². The summed E-state index contributed by atoms with van der Waals surface area (Å²) in [5, 5.41) is 6.87. The number of hydrogen-bond acceptors (Lipinski definition) is 9. The van der Waals surface area contributed by atoms with Gasteiger partial charge in [-0.15, -0.1) is 0 Å². The molecule has 0 saturated heterocycles. The molecule has 2 heterocycles. The second kappa shape index (κ2) is 11.9. The van der Waals surface area contributed by atoms with Crippen molar-refractivity contribution < 1.29 is 28.5 Å². The average Bonchev–Trinajstić information content (AvgIpc) is 3.02. The third-order valence-corrected chi connectivity index (χ3v) is 7.33. The number of para-hydroxylation sites is 2. The molecule has 0 radical (unpaired) electrons. The van der Waals surface area contributed by atoms with Gasteiger partial charge in [0.05, 0.1) is 38.4 Å². The molecule has 0 aliphatic carbocycles. The molecule has 0 unspecified atom stereocenters. The normalized spacial score (nSPS) is 13.4. The number of esters is 1. The third kappa shape index (κ3) is 5.63. The first-order valence-electron chi connectivity index (χ1n) is 13.7. The van der Waals surface area contributed by atoms with Crippen LogP contribution in [0.25, 0.3) is 11.1 Å². The van der Waals surface area contributed by atoms with E-state index >= 15 is 0 Å². The molecule has 1 amide bonds. The highest BCUT2D eigenvalue weighted by atomic mass is 16.5.